The Morgan fingerprint density at radius 1 is 1.41 bits per heavy atom. The van der Waals surface area contributed by atoms with Crippen LogP contribution in [0.5, 0.6) is 0 Å². The van der Waals surface area contributed by atoms with Crippen LogP contribution in [0.3, 0.4) is 0 Å². The number of imidazole rings is 1. The van der Waals surface area contributed by atoms with Crippen LogP contribution in [-0.4, -0.2) is 22.0 Å². The lowest BCUT2D eigenvalue weighted by Gasteiger charge is -2.25. The minimum absolute atomic E-state index is 0.159. The molecule has 2 rings (SSSR count). The van der Waals surface area contributed by atoms with Crippen molar-refractivity contribution in [3.05, 3.63) is 54.1 Å². The van der Waals surface area contributed by atoms with Crippen LogP contribution in [0.4, 0.5) is 0 Å². The zero-order chi connectivity index (χ0) is 16.2. The molecule has 0 saturated carbocycles. The van der Waals surface area contributed by atoms with Gasteiger partial charge in [0.15, 0.2) is 0 Å². The van der Waals surface area contributed by atoms with Gasteiger partial charge in [-0.3, -0.25) is 4.79 Å². The zero-order valence-electron chi connectivity index (χ0n) is 13.4. The van der Waals surface area contributed by atoms with Gasteiger partial charge in [0.25, 0.3) is 0 Å². The van der Waals surface area contributed by atoms with Crippen LogP contribution in [0.25, 0.3) is 0 Å². The minimum atomic E-state index is -1.02. The fourth-order valence-electron chi connectivity index (χ4n) is 2.36. The van der Waals surface area contributed by atoms with Gasteiger partial charge in [-0.25, -0.2) is 4.98 Å². The zero-order valence-corrected chi connectivity index (χ0v) is 13.4. The largest absolute Gasteiger partial charge is 0.354 e. The lowest BCUT2D eigenvalue weighted by atomic mass is 9.92. The molecule has 22 heavy (non-hydrogen) atoms. The van der Waals surface area contributed by atoms with E-state index in [-0.39, 0.29) is 5.91 Å². The molecular formula is C17H24N4O. The Balaban J connectivity index is 1.91. The normalized spacial score (nSPS) is 15.1. The highest BCUT2D eigenvalue weighted by Crippen LogP contribution is 2.17. The molecule has 0 fully saturated rings. The van der Waals surface area contributed by atoms with Crippen LogP contribution in [0.15, 0.2) is 42.7 Å². The van der Waals surface area contributed by atoms with Gasteiger partial charge in [-0.15, -0.1) is 0 Å². The third-order valence-electron chi connectivity index (χ3n) is 3.89. The number of carbonyl (C=O) groups excluding carboxylic acids is 1. The van der Waals surface area contributed by atoms with E-state index in [9.17, 15) is 4.79 Å². The molecule has 0 radical (unpaired) electrons. The molecule has 3 N–H and O–H groups in total. The van der Waals surface area contributed by atoms with E-state index in [0.29, 0.717) is 12.5 Å². The van der Waals surface area contributed by atoms with Crippen molar-refractivity contribution in [2.75, 3.05) is 6.54 Å². The molecule has 2 aromatic rings. The molecule has 5 nitrogen and oxygen atoms in total. The van der Waals surface area contributed by atoms with Gasteiger partial charge in [0, 0.05) is 25.5 Å². The number of nitrogens with zero attached hydrogens (tertiary/aromatic N) is 2. The number of hydrogen-bond acceptors (Lipinski definition) is 3. The maximum Gasteiger partial charge on any atom is 0.244 e. The van der Waals surface area contributed by atoms with E-state index in [1.54, 1.807) is 13.1 Å². The molecule has 2 atom stereocenters. The molecule has 0 aliphatic rings. The monoisotopic (exact) mass is 300 g/mol. The van der Waals surface area contributed by atoms with Crippen molar-refractivity contribution in [3.8, 4) is 0 Å². The van der Waals surface area contributed by atoms with Crippen molar-refractivity contribution in [1.82, 2.24) is 14.9 Å². The Labute approximate surface area is 131 Å². The molecule has 5 heteroatoms. The van der Waals surface area contributed by atoms with Crippen LogP contribution in [0.2, 0.25) is 0 Å². The number of nitrogens with one attached hydrogen (secondary N) is 1. The van der Waals surface area contributed by atoms with Gasteiger partial charge in [-0.1, -0.05) is 37.3 Å². The van der Waals surface area contributed by atoms with E-state index in [1.165, 1.54) is 0 Å². The molecule has 2 unspecified atom stereocenters. The first-order valence-corrected chi connectivity index (χ1v) is 7.51. The predicted molar refractivity (Wildman–Crippen MR) is 87.1 cm³/mol. The van der Waals surface area contributed by atoms with Crippen LogP contribution in [0, 0.1) is 12.8 Å². The van der Waals surface area contributed by atoms with Crippen molar-refractivity contribution in [2.45, 2.75) is 32.9 Å². The number of benzene rings is 1. The molecule has 0 aliphatic carbocycles. The van der Waals surface area contributed by atoms with Gasteiger partial charge in [-0.2, -0.15) is 0 Å². The molecule has 118 valence electrons. The first-order valence-electron chi connectivity index (χ1n) is 7.51. The Hall–Kier alpha value is -2.14. The number of hydrogen-bond donors (Lipinski definition) is 2. The highest BCUT2D eigenvalue weighted by atomic mass is 16.2. The van der Waals surface area contributed by atoms with E-state index in [4.69, 9.17) is 5.73 Å². The Morgan fingerprint density at radius 3 is 2.68 bits per heavy atom. The van der Waals surface area contributed by atoms with Gasteiger partial charge in [0.2, 0.25) is 5.91 Å². The molecule has 0 bridgehead atoms. The lowest BCUT2D eigenvalue weighted by molar-refractivity contribution is -0.126. The number of nitrogens with two attached hydrogens (primary N) is 1. The van der Waals surface area contributed by atoms with Gasteiger partial charge in [0.05, 0.1) is 0 Å². The van der Waals surface area contributed by atoms with Gasteiger partial charge in [0.1, 0.15) is 11.4 Å². The lowest BCUT2D eigenvalue weighted by Crippen LogP contribution is -2.50. The third-order valence-corrected chi connectivity index (χ3v) is 3.89. The number of aryl methyl sites for hydroxylation is 1. The summed E-state index contributed by atoms with van der Waals surface area (Å²) in [5, 5.41) is 2.96. The van der Waals surface area contributed by atoms with Crippen molar-refractivity contribution < 1.29 is 4.79 Å². The number of amides is 1. The van der Waals surface area contributed by atoms with E-state index < -0.39 is 5.54 Å². The average Bonchev–Trinajstić information content (AvgIpc) is 2.90. The summed E-state index contributed by atoms with van der Waals surface area (Å²) in [4.78, 5) is 16.6. The first-order chi connectivity index (χ1) is 10.4. The smallest absolute Gasteiger partial charge is 0.244 e. The second kappa shape index (κ2) is 6.75. The van der Waals surface area contributed by atoms with E-state index in [2.05, 4.69) is 21.8 Å². The van der Waals surface area contributed by atoms with Crippen molar-refractivity contribution >= 4 is 5.91 Å². The number of rotatable bonds is 6. The summed E-state index contributed by atoms with van der Waals surface area (Å²) in [6.45, 7) is 7.20. The molecular weight excluding hydrogens is 276 g/mol. The molecule has 1 amide bonds. The molecule has 1 heterocycles. The maximum absolute atomic E-state index is 12.4. The fourth-order valence-corrected chi connectivity index (χ4v) is 2.36. The van der Waals surface area contributed by atoms with Crippen LogP contribution in [0.1, 0.15) is 25.2 Å². The summed E-state index contributed by atoms with van der Waals surface area (Å²) in [6, 6.07) is 9.43. The van der Waals surface area contributed by atoms with Crippen molar-refractivity contribution in [3.63, 3.8) is 0 Å². The summed E-state index contributed by atoms with van der Waals surface area (Å²) in [5.41, 5.74) is 5.99. The second-order valence-corrected chi connectivity index (χ2v) is 6.01. The fraction of sp³-hybridized carbons (Fsp3) is 0.412. The maximum atomic E-state index is 12.4. The average molecular weight is 300 g/mol. The van der Waals surface area contributed by atoms with Crippen LogP contribution < -0.4 is 11.1 Å². The quantitative estimate of drug-likeness (QED) is 0.854. The van der Waals surface area contributed by atoms with Crippen molar-refractivity contribution in [1.29, 1.82) is 0 Å². The number of aromatic nitrogens is 2. The number of carbonyl (C=O) groups is 1. The van der Waals surface area contributed by atoms with Gasteiger partial charge >= 0.3 is 0 Å². The minimum Gasteiger partial charge on any atom is -0.354 e. The van der Waals surface area contributed by atoms with E-state index >= 15 is 0 Å². The molecule has 1 aromatic heterocycles. The topological polar surface area (TPSA) is 72.9 Å². The molecule has 1 aromatic carbocycles. The van der Waals surface area contributed by atoms with Gasteiger partial charge < -0.3 is 15.6 Å². The molecule has 0 spiro atoms. The third kappa shape index (κ3) is 3.74. The predicted octanol–water partition coefficient (Wildman–Crippen LogP) is 1.82. The molecule has 0 saturated heterocycles. The summed E-state index contributed by atoms with van der Waals surface area (Å²) >= 11 is 0. The van der Waals surface area contributed by atoms with Gasteiger partial charge in [-0.05, 0) is 25.3 Å². The second-order valence-electron chi connectivity index (χ2n) is 6.01. The standard InChI is InChI=1S/C17H24N4O/c1-13(12-21-10-9-19-14(21)2)11-20-16(22)17(3,18)15-7-5-4-6-8-15/h4-10,13H,11-12,18H2,1-3H3,(H,20,22). The Kier molecular flexibility index (Phi) is 4.98. The summed E-state index contributed by atoms with van der Waals surface area (Å²) < 4.78 is 2.08. The van der Waals surface area contributed by atoms with Crippen molar-refractivity contribution in [2.24, 2.45) is 11.7 Å². The van der Waals surface area contributed by atoms with E-state index in [1.807, 2.05) is 43.5 Å². The summed E-state index contributed by atoms with van der Waals surface area (Å²) in [5.74, 6) is 1.11. The summed E-state index contributed by atoms with van der Waals surface area (Å²) in [6.07, 6.45) is 3.73. The highest BCUT2D eigenvalue weighted by molar-refractivity contribution is 5.86. The summed E-state index contributed by atoms with van der Waals surface area (Å²) in [7, 11) is 0. The van der Waals surface area contributed by atoms with Crippen LogP contribution in [-0.2, 0) is 16.9 Å². The van der Waals surface area contributed by atoms with E-state index in [0.717, 1.165) is 17.9 Å². The van der Waals surface area contributed by atoms with Crippen LogP contribution >= 0.6 is 0 Å². The highest BCUT2D eigenvalue weighted by Gasteiger charge is 2.30. The molecule has 0 aliphatic heterocycles. The Bertz CT molecular complexity index is 619. The SMILES string of the molecule is Cc1nccn1CC(C)CNC(=O)C(C)(N)c1ccccc1. The Morgan fingerprint density at radius 2 is 2.09 bits per heavy atom. The first kappa shape index (κ1) is 16.2.